The van der Waals surface area contributed by atoms with Crippen molar-refractivity contribution in [2.24, 2.45) is 7.05 Å². The minimum atomic E-state index is -1.83. The van der Waals surface area contributed by atoms with Gasteiger partial charge in [-0.05, 0) is 72.1 Å². The average Bonchev–Trinajstić information content (AvgIpc) is 3.26. The lowest BCUT2D eigenvalue weighted by atomic mass is 10.0. The van der Waals surface area contributed by atoms with Crippen LogP contribution in [0.25, 0.3) is 22.2 Å². The van der Waals surface area contributed by atoms with Crippen molar-refractivity contribution in [2.45, 2.75) is 65.2 Å². The number of rotatable bonds is 8. The SMILES string of the molecule is CCn1c(C(=O)OC)c(CCCO[Si](C)(C)C(C)(C)C)c2ccc(Cl)c(-c3c(I)cnn3C)c21. The second kappa shape index (κ2) is 10.3. The monoisotopic (exact) mass is 615 g/mol. The molecule has 0 bridgehead atoms. The Bertz CT molecular complexity index is 1190. The second-order valence-electron chi connectivity index (χ2n) is 10.1. The smallest absolute Gasteiger partial charge is 0.354 e. The van der Waals surface area contributed by atoms with Gasteiger partial charge in [-0.25, -0.2) is 4.79 Å². The van der Waals surface area contributed by atoms with E-state index in [4.69, 9.17) is 20.8 Å². The Kier molecular flexibility index (Phi) is 8.27. The number of nitrogens with zero attached hydrogens (tertiary/aromatic N) is 3. The van der Waals surface area contributed by atoms with Crippen molar-refractivity contribution in [1.29, 1.82) is 0 Å². The van der Waals surface area contributed by atoms with Crippen molar-refractivity contribution >= 4 is 59.4 Å². The number of aromatic nitrogens is 3. The van der Waals surface area contributed by atoms with Gasteiger partial charge in [0.05, 0.1) is 33.1 Å². The van der Waals surface area contributed by atoms with Gasteiger partial charge in [0.25, 0.3) is 0 Å². The molecule has 9 heteroatoms. The van der Waals surface area contributed by atoms with E-state index in [1.807, 2.05) is 41.5 Å². The first-order valence-corrected chi connectivity index (χ1v) is 16.0. The molecule has 0 aliphatic rings. The van der Waals surface area contributed by atoms with E-state index < -0.39 is 8.32 Å². The van der Waals surface area contributed by atoms with Crippen LogP contribution in [0.1, 0.15) is 50.2 Å². The zero-order chi connectivity index (χ0) is 25.4. The van der Waals surface area contributed by atoms with Crippen LogP contribution in [0.4, 0.5) is 0 Å². The molecule has 2 aromatic heterocycles. The number of carbonyl (C=O) groups is 1. The molecular formula is C25H35ClIN3O3Si. The Hall–Kier alpha value is -1.36. The van der Waals surface area contributed by atoms with E-state index in [0.29, 0.717) is 30.3 Å². The highest BCUT2D eigenvalue weighted by Crippen LogP contribution is 2.41. The first kappa shape index (κ1) is 27.2. The number of ether oxygens (including phenoxy) is 1. The molecule has 0 saturated carbocycles. The van der Waals surface area contributed by atoms with Gasteiger partial charge in [-0.1, -0.05) is 38.4 Å². The number of methoxy groups -OCH3 is 1. The summed E-state index contributed by atoms with van der Waals surface area (Å²) in [6.07, 6.45) is 3.36. The zero-order valence-electron chi connectivity index (χ0n) is 21.4. The van der Waals surface area contributed by atoms with Crippen LogP contribution in [0.5, 0.6) is 0 Å². The van der Waals surface area contributed by atoms with Gasteiger partial charge in [0.2, 0.25) is 0 Å². The fourth-order valence-electron chi connectivity index (χ4n) is 4.10. The minimum Gasteiger partial charge on any atom is -0.464 e. The van der Waals surface area contributed by atoms with Gasteiger partial charge in [0, 0.05) is 31.1 Å². The van der Waals surface area contributed by atoms with Crippen molar-refractivity contribution in [3.05, 3.63) is 38.2 Å². The lowest BCUT2D eigenvalue weighted by molar-refractivity contribution is 0.0587. The highest BCUT2D eigenvalue weighted by Gasteiger charge is 2.37. The molecule has 0 amide bonds. The summed E-state index contributed by atoms with van der Waals surface area (Å²) in [5.74, 6) is -0.333. The predicted molar refractivity (Wildman–Crippen MR) is 150 cm³/mol. The summed E-state index contributed by atoms with van der Waals surface area (Å²) in [5.41, 5.74) is 4.34. The molecule has 0 N–H and O–H groups in total. The fraction of sp³-hybridized carbons (Fsp3) is 0.520. The van der Waals surface area contributed by atoms with Crippen molar-refractivity contribution < 1.29 is 14.0 Å². The molecule has 3 rings (SSSR count). The Morgan fingerprint density at radius 3 is 2.47 bits per heavy atom. The molecule has 0 saturated heterocycles. The van der Waals surface area contributed by atoms with Gasteiger partial charge in [0.15, 0.2) is 8.32 Å². The van der Waals surface area contributed by atoms with Gasteiger partial charge >= 0.3 is 5.97 Å². The van der Waals surface area contributed by atoms with Gasteiger partial charge in [-0.3, -0.25) is 4.68 Å². The quantitative estimate of drug-likeness (QED) is 0.118. The summed E-state index contributed by atoms with van der Waals surface area (Å²) in [4.78, 5) is 13.0. The molecule has 1 aromatic carbocycles. The molecule has 0 fully saturated rings. The van der Waals surface area contributed by atoms with E-state index in [1.54, 1.807) is 0 Å². The van der Waals surface area contributed by atoms with Crippen LogP contribution in [0.15, 0.2) is 18.3 Å². The summed E-state index contributed by atoms with van der Waals surface area (Å²) in [5, 5.41) is 6.23. The molecule has 3 aromatic rings. The normalized spacial score (nSPS) is 12.5. The van der Waals surface area contributed by atoms with Crippen LogP contribution < -0.4 is 0 Å². The maximum atomic E-state index is 13.0. The molecule has 0 aliphatic carbocycles. The Labute approximate surface area is 222 Å². The Balaban J connectivity index is 2.13. The lowest BCUT2D eigenvalue weighted by Gasteiger charge is -2.36. The number of benzene rings is 1. The number of esters is 1. The van der Waals surface area contributed by atoms with Crippen LogP contribution in [-0.4, -0.2) is 42.4 Å². The topological polar surface area (TPSA) is 58.3 Å². The Morgan fingerprint density at radius 1 is 1.26 bits per heavy atom. The average molecular weight is 616 g/mol. The second-order valence-corrected chi connectivity index (χ2v) is 16.4. The molecule has 2 heterocycles. The first-order chi connectivity index (χ1) is 15.9. The lowest BCUT2D eigenvalue weighted by Crippen LogP contribution is -2.41. The third-order valence-corrected chi connectivity index (χ3v) is 12.6. The van der Waals surface area contributed by atoms with Crippen LogP contribution in [0.3, 0.4) is 0 Å². The van der Waals surface area contributed by atoms with E-state index >= 15 is 0 Å². The highest BCUT2D eigenvalue weighted by atomic mass is 127. The molecule has 6 nitrogen and oxygen atoms in total. The summed E-state index contributed by atoms with van der Waals surface area (Å²) in [7, 11) is 1.51. The van der Waals surface area contributed by atoms with E-state index in [9.17, 15) is 4.79 Å². The number of halogens is 2. The van der Waals surface area contributed by atoms with E-state index in [0.717, 1.165) is 37.7 Å². The van der Waals surface area contributed by atoms with Crippen molar-refractivity contribution in [3.8, 4) is 11.3 Å². The van der Waals surface area contributed by atoms with E-state index in [1.165, 1.54) is 7.11 Å². The van der Waals surface area contributed by atoms with E-state index in [2.05, 4.69) is 61.6 Å². The Morgan fingerprint density at radius 2 is 1.94 bits per heavy atom. The van der Waals surface area contributed by atoms with Gasteiger partial charge in [-0.2, -0.15) is 5.10 Å². The molecule has 0 unspecified atom stereocenters. The molecule has 0 spiro atoms. The molecule has 0 atom stereocenters. The first-order valence-electron chi connectivity index (χ1n) is 11.6. The van der Waals surface area contributed by atoms with Gasteiger partial charge in [0.1, 0.15) is 5.69 Å². The van der Waals surface area contributed by atoms with Crippen LogP contribution >= 0.6 is 34.2 Å². The van der Waals surface area contributed by atoms with Crippen LogP contribution in [-0.2, 0) is 29.2 Å². The van der Waals surface area contributed by atoms with Crippen LogP contribution in [0.2, 0.25) is 23.2 Å². The number of carbonyl (C=O) groups excluding carboxylic acids is 1. The van der Waals surface area contributed by atoms with Gasteiger partial charge in [-0.15, -0.1) is 0 Å². The van der Waals surface area contributed by atoms with Crippen molar-refractivity contribution in [1.82, 2.24) is 14.3 Å². The highest BCUT2D eigenvalue weighted by molar-refractivity contribution is 14.1. The minimum absolute atomic E-state index is 0.161. The number of aryl methyl sites for hydroxylation is 3. The third-order valence-electron chi connectivity index (χ3n) is 6.94. The maximum absolute atomic E-state index is 13.0. The van der Waals surface area contributed by atoms with Gasteiger partial charge < -0.3 is 13.7 Å². The fourth-order valence-corrected chi connectivity index (χ4v) is 6.18. The molecule has 0 radical (unpaired) electrons. The third kappa shape index (κ3) is 4.96. The number of hydrogen-bond donors (Lipinski definition) is 0. The molecule has 0 aliphatic heterocycles. The maximum Gasteiger partial charge on any atom is 0.354 e. The van der Waals surface area contributed by atoms with E-state index in [-0.39, 0.29) is 11.0 Å². The van der Waals surface area contributed by atoms with Crippen molar-refractivity contribution in [3.63, 3.8) is 0 Å². The summed E-state index contributed by atoms with van der Waals surface area (Å²) in [6, 6.07) is 3.94. The number of fused-ring (bicyclic) bond motifs is 1. The molecule has 34 heavy (non-hydrogen) atoms. The van der Waals surface area contributed by atoms with Crippen molar-refractivity contribution in [2.75, 3.05) is 13.7 Å². The zero-order valence-corrected chi connectivity index (χ0v) is 25.3. The largest absolute Gasteiger partial charge is 0.464 e. The predicted octanol–water partition coefficient (Wildman–Crippen LogP) is 7.06. The standard InChI is InChI=1S/C25H35ClIN3O3Si/c1-9-30-21-17(12-13-18(26)20(21)23-19(27)15-28-29(23)5)16(22(30)24(31)32-6)11-10-14-33-34(7,8)25(2,3)4/h12-13,15H,9-11,14H2,1-8H3. The number of hydrogen-bond acceptors (Lipinski definition) is 4. The molecule has 186 valence electrons. The summed E-state index contributed by atoms with van der Waals surface area (Å²) >= 11 is 9.05. The van der Waals surface area contributed by atoms with Crippen LogP contribution in [0, 0.1) is 3.57 Å². The summed E-state index contributed by atoms with van der Waals surface area (Å²) < 4.78 is 16.5. The summed E-state index contributed by atoms with van der Waals surface area (Å²) in [6.45, 7) is 14.6. The molecular weight excluding hydrogens is 581 g/mol.